The second-order valence-electron chi connectivity index (χ2n) is 6.16. The molecule has 0 atom stereocenters. The highest BCUT2D eigenvalue weighted by molar-refractivity contribution is 9.10. The predicted octanol–water partition coefficient (Wildman–Crippen LogP) is 3.23. The van der Waals surface area contributed by atoms with Crippen molar-refractivity contribution in [1.29, 1.82) is 0 Å². The summed E-state index contributed by atoms with van der Waals surface area (Å²) in [4.78, 5) is 12.1. The third-order valence-electron chi connectivity index (χ3n) is 4.17. The predicted molar refractivity (Wildman–Crippen MR) is 109 cm³/mol. The van der Waals surface area contributed by atoms with Crippen LogP contribution in [-0.2, 0) is 30.9 Å². The van der Waals surface area contributed by atoms with Crippen molar-refractivity contribution < 1.29 is 22.7 Å². The Kier molecular flexibility index (Phi) is 7.01. The molecule has 148 valence electrons. The number of nitrogens with zero attached hydrogens (tertiary/aromatic N) is 1. The minimum Gasteiger partial charge on any atom is -0.458 e. The number of carbonyl (C=O) groups excluding carboxylic acids is 1. The fourth-order valence-electron chi connectivity index (χ4n) is 2.67. The molecule has 0 N–H and O–H groups in total. The lowest BCUT2D eigenvalue weighted by molar-refractivity contribution is -0.138. The zero-order chi connectivity index (χ0) is 20.0. The molecule has 0 spiro atoms. The van der Waals surface area contributed by atoms with E-state index in [-0.39, 0.29) is 11.5 Å². The van der Waals surface area contributed by atoms with Crippen molar-refractivity contribution in [2.24, 2.45) is 0 Å². The quantitative estimate of drug-likeness (QED) is 0.483. The number of hydrogen-bond donors (Lipinski definition) is 0. The van der Waals surface area contributed by atoms with Crippen LogP contribution in [0.4, 0.5) is 0 Å². The van der Waals surface area contributed by atoms with E-state index in [0.29, 0.717) is 31.9 Å². The maximum atomic E-state index is 12.7. The summed E-state index contributed by atoms with van der Waals surface area (Å²) in [6, 6.07) is 14.0. The van der Waals surface area contributed by atoms with E-state index in [1.807, 2.05) is 24.3 Å². The maximum Gasteiger partial charge on any atom is 0.331 e. The lowest BCUT2D eigenvalue weighted by Crippen LogP contribution is -2.40. The van der Waals surface area contributed by atoms with Gasteiger partial charge in [0.1, 0.15) is 6.61 Å². The number of ether oxygens (including phenoxy) is 2. The molecule has 0 aliphatic carbocycles. The van der Waals surface area contributed by atoms with Gasteiger partial charge in [-0.3, -0.25) is 0 Å². The third-order valence-corrected chi connectivity index (χ3v) is 6.59. The summed E-state index contributed by atoms with van der Waals surface area (Å²) in [6.07, 6.45) is 3.01. The molecule has 0 amide bonds. The second-order valence-corrected chi connectivity index (χ2v) is 9.01. The van der Waals surface area contributed by atoms with Crippen molar-refractivity contribution in [2.45, 2.75) is 11.5 Å². The van der Waals surface area contributed by atoms with Crippen molar-refractivity contribution in [3.05, 3.63) is 70.2 Å². The molecule has 3 rings (SSSR count). The van der Waals surface area contributed by atoms with E-state index in [0.717, 1.165) is 10.0 Å². The van der Waals surface area contributed by atoms with E-state index in [2.05, 4.69) is 15.9 Å². The number of morpholine rings is 1. The molecular weight excluding hydrogens is 446 g/mol. The average Bonchev–Trinajstić information content (AvgIpc) is 2.72. The summed E-state index contributed by atoms with van der Waals surface area (Å²) in [6.45, 7) is 1.45. The summed E-state index contributed by atoms with van der Waals surface area (Å²) in [5.74, 6) is -0.496. The van der Waals surface area contributed by atoms with Crippen LogP contribution in [0.15, 0.2) is 64.0 Å². The van der Waals surface area contributed by atoms with Gasteiger partial charge in [-0.05, 0) is 41.5 Å². The Hall–Kier alpha value is -2.00. The topological polar surface area (TPSA) is 72.9 Å². The summed E-state index contributed by atoms with van der Waals surface area (Å²) >= 11 is 3.35. The molecule has 0 radical (unpaired) electrons. The number of carbonyl (C=O) groups is 1. The molecule has 1 aliphatic rings. The fraction of sp³-hybridized carbons (Fsp3) is 0.250. The smallest absolute Gasteiger partial charge is 0.331 e. The SMILES string of the molecule is O=C(/C=C/c1ccc(Br)cc1)OCc1cccc(S(=O)(=O)N2CCOCC2)c1. The van der Waals surface area contributed by atoms with Crippen LogP contribution in [0.25, 0.3) is 6.08 Å². The zero-order valence-corrected chi connectivity index (χ0v) is 17.5. The van der Waals surface area contributed by atoms with Crippen molar-refractivity contribution in [3.63, 3.8) is 0 Å². The van der Waals surface area contributed by atoms with Crippen LogP contribution in [0.3, 0.4) is 0 Å². The molecule has 0 unspecified atom stereocenters. The first-order valence-corrected chi connectivity index (χ1v) is 11.0. The summed E-state index contributed by atoms with van der Waals surface area (Å²) < 4.78 is 38.2. The number of halogens is 1. The van der Waals surface area contributed by atoms with E-state index >= 15 is 0 Å². The Labute approximate surface area is 172 Å². The molecule has 1 aliphatic heterocycles. The highest BCUT2D eigenvalue weighted by Crippen LogP contribution is 2.19. The van der Waals surface area contributed by atoms with Gasteiger partial charge < -0.3 is 9.47 Å². The van der Waals surface area contributed by atoms with Gasteiger partial charge in [0.2, 0.25) is 10.0 Å². The van der Waals surface area contributed by atoms with Crippen molar-refractivity contribution in [1.82, 2.24) is 4.31 Å². The molecular formula is C20H20BrNO5S. The van der Waals surface area contributed by atoms with Crippen molar-refractivity contribution >= 4 is 38.0 Å². The van der Waals surface area contributed by atoms with Crippen LogP contribution in [0.5, 0.6) is 0 Å². The van der Waals surface area contributed by atoms with Crippen LogP contribution in [0.2, 0.25) is 0 Å². The number of hydrogen-bond acceptors (Lipinski definition) is 5. The Bertz CT molecular complexity index is 951. The largest absolute Gasteiger partial charge is 0.458 e. The summed E-state index contributed by atoms with van der Waals surface area (Å²) in [5.41, 5.74) is 1.48. The van der Waals surface area contributed by atoms with Gasteiger partial charge in [-0.25, -0.2) is 13.2 Å². The Balaban J connectivity index is 1.61. The van der Waals surface area contributed by atoms with Gasteiger partial charge in [-0.15, -0.1) is 0 Å². The molecule has 0 saturated carbocycles. The Morgan fingerprint density at radius 1 is 1.14 bits per heavy atom. The van der Waals surface area contributed by atoms with Gasteiger partial charge in [-0.2, -0.15) is 4.31 Å². The molecule has 1 saturated heterocycles. The minimum absolute atomic E-state index is 0.00399. The monoisotopic (exact) mass is 465 g/mol. The lowest BCUT2D eigenvalue weighted by Gasteiger charge is -2.26. The highest BCUT2D eigenvalue weighted by Gasteiger charge is 2.26. The molecule has 2 aromatic rings. The van der Waals surface area contributed by atoms with E-state index in [9.17, 15) is 13.2 Å². The average molecular weight is 466 g/mol. The van der Waals surface area contributed by atoms with Crippen LogP contribution >= 0.6 is 15.9 Å². The molecule has 0 bridgehead atoms. The first-order valence-electron chi connectivity index (χ1n) is 8.72. The van der Waals surface area contributed by atoms with E-state index in [4.69, 9.17) is 9.47 Å². The van der Waals surface area contributed by atoms with E-state index < -0.39 is 16.0 Å². The molecule has 2 aromatic carbocycles. The maximum absolute atomic E-state index is 12.7. The van der Waals surface area contributed by atoms with Crippen molar-refractivity contribution in [2.75, 3.05) is 26.3 Å². The molecule has 0 aromatic heterocycles. The normalized spacial score (nSPS) is 15.6. The minimum atomic E-state index is -3.58. The first kappa shape index (κ1) is 20.7. The molecule has 8 heteroatoms. The van der Waals surface area contributed by atoms with Crippen molar-refractivity contribution in [3.8, 4) is 0 Å². The van der Waals surface area contributed by atoms with E-state index in [1.54, 1.807) is 24.3 Å². The van der Waals surface area contributed by atoms with Crippen LogP contribution in [-0.4, -0.2) is 45.0 Å². The Morgan fingerprint density at radius 3 is 2.57 bits per heavy atom. The van der Waals surface area contributed by atoms with Gasteiger partial charge >= 0.3 is 5.97 Å². The van der Waals surface area contributed by atoms with Crippen LogP contribution < -0.4 is 0 Å². The summed E-state index contributed by atoms with van der Waals surface area (Å²) in [5, 5.41) is 0. The third kappa shape index (κ3) is 5.51. The van der Waals surface area contributed by atoms with Crippen LogP contribution in [0, 0.1) is 0 Å². The lowest BCUT2D eigenvalue weighted by atomic mass is 10.2. The molecule has 1 heterocycles. The van der Waals surface area contributed by atoms with Gasteiger partial charge in [0.25, 0.3) is 0 Å². The van der Waals surface area contributed by atoms with Gasteiger partial charge in [0.05, 0.1) is 18.1 Å². The molecule has 6 nitrogen and oxygen atoms in total. The number of rotatable bonds is 6. The Morgan fingerprint density at radius 2 is 1.86 bits per heavy atom. The van der Waals surface area contributed by atoms with E-state index in [1.165, 1.54) is 16.4 Å². The van der Waals surface area contributed by atoms with Gasteiger partial charge in [0, 0.05) is 23.6 Å². The van der Waals surface area contributed by atoms with Gasteiger partial charge in [0.15, 0.2) is 0 Å². The first-order chi connectivity index (χ1) is 13.4. The summed E-state index contributed by atoms with van der Waals surface area (Å²) in [7, 11) is -3.58. The fourth-order valence-corrected chi connectivity index (χ4v) is 4.42. The molecule has 1 fully saturated rings. The van der Waals surface area contributed by atoms with Crippen LogP contribution in [0.1, 0.15) is 11.1 Å². The van der Waals surface area contributed by atoms with Gasteiger partial charge in [-0.1, -0.05) is 40.2 Å². The highest BCUT2D eigenvalue weighted by atomic mass is 79.9. The number of benzene rings is 2. The zero-order valence-electron chi connectivity index (χ0n) is 15.1. The second kappa shape index (κ2) is 9.47. The molecule has 28 heavy (non-hydrogen) atoms. The number of esters is 1. The standard InChI is InChI=1S/C20H20BrNO5S/c21-18-7-4-16(5-8-18)6-9-20(23)27-15-17-2-1-3-19(14-17)28(24,25)22-10-12-26-13-11-22/h1-9,14H,10-13,15H2/b9-6+. The number of sulfonamides is 1.